The van der Waals surface area contributed by atoms with Gasteiger partial charge in [0.15, 0.2) is 0 Å². The molecule has 1 saturated heterocycles. The number of nitrogens with zero attached hydrogens (tertiary/aromatic N) is 1. The number of rotatable bonds is 6. The Balaban J connectivity index is 1.70. The molecule has 1 N–H and O–H groups in total. The maximum atomic E-state index is 11.5. The monoisotopic (exact) mass is 310 g/mol. The number of hydrogen-bond donors (Lipinski definition) is 1. The van der Waals surface area contributed by atoms with E-state index in [4.69, 9.17) is 4.74 Å². The first-order valence-electron chi connectivity index (χ1n) is 8.00. The molecule has 120 valence electrons. The van der Waals surface area contributed by atoms with E-state index in [9.17, 15) is 4.79 Å². The molecule has 1 aliphatic rings. The number of amides is 1. The maximum absolute atomic E-state index is 11.5. The summed E-state index contributed by atoms with van der Waals surface area (Å²) in [5.41, 5.74) is 3.70. The number of hydrogen-bond acceptors (Lipinski definition) is 3. The van der Waals surface area contributed by atoms with E-state index in [0.717, 1.165) is 6.54 Å². The third-order valence-electron chi connectivity index (χ3n) is 4.12. The molecule has 1 aliphatic heterocycles. The second-order valence-electron chi connectivity index (χ2n) is 5.81. The van der Waals surface area contributed by atoms with Gasteiger partial charge < -0.3 is 15.0 Å². The Kier molecular flexibility index (Phi) is 4.93. The van der Waals surface area contributed by atoms with Crippen LogP contribution in [0.25, 0.3) is 0 Å². The minimum Gasteiger partial charge on any atom is -0.448 e. The van der Waals surface area contributed by atoms with Crippen LogP contribution in [0.1, 0.15) is 22.7 Å². The van der Waals surface area contributed by atoms with Gasteiger partial charge >= 0.3 is 6.09 Å². The number of carbonyl (C=O) groups is 1. The Labute approximate surface area is 137 Å². The molecule has 1 unspecified atom stereocenters. The van der Waals surface area contributed by atoms with Crippen molar-refractivity contribution in [1.29, 1.82) is 0 Å². The predicted octanol–water partition coefficient (Wildman–Crippen LogP) is 3.13. The predicted molar refractivity (Wildman–Crippen MR) is 90.4 cm³/mol. The van der Waals surface area contributed by atoms with E-state index in [1.165, 1.54) is 16.7 Å². The Hall–Kier alpha value is -2.33. The van der Waals surface area contributed by atoms with Gasteiger partial charge in [-0.3, -0.25) is 0 Å². The SMILES string of the molecule is Cc1ccc(C(NCCN2CCOC2=O)c2ccccc2)cc1. The molecular formula is C19H22N2O2. The van der Waals surface area contributed by atoms with Crippen LogP contribution in [-0.2, 0) is 4.74 Å². The lowest BCUT2D eigenvalue weighted by Gasteiger charge is -2.21. The molecule has 2 aromatic carbocycles. The van der Waals surface area contributed by atoms with Crippen LogP contribution in [0.4, 0.5) is 4.79 Å². The van der Waals surface area contributed by atoms with Gasteiger partial charge in [-0.05, 0) is 18.1 Å². The summed E-state index contributed by atoms with van der Waals surface area (Å²) in [6.45, 7) is 4.66. The average Bonchev–Trinajstić information content (AvgIpc) is 2.99. The standard InChI is InChI=1S/C19H22N2O2/c1-15-7-9-17(10-8-15)18(16-5-3-2-4-6-16)20-11-12-21-13-14-23-19(21)22/h2-10,18,20H,11-14H2,1H3. The summed E-state index contributed by atoms with van der Waals surface area (Å²) in [4.78, 5) is 13.2. The molecule has 0 spiro atoms. The Morgan fingerprint density at radius 3 is 2.43 bits per heavy atom. The second kappa shape index (κ2) is 7.29. The molecule has 1 amide bonds. The lowest BCUT2D eigenvalue weighted by atomic mass is 9.98. The van der Waals surface area contributed by atoms with E-state index in [0.29, 0.717) is 19.7 Å². The van der Waals surface area contributed by atoms with E-state index in [-0.39, 0.29) is 12.1 Å². The first kappa shape index (κ1) is 15.6. The quantitative estimate of drug-likeness (QED) is 0.891. The van der Waals surface area contributed by atoms with Gasteiger partial charge in [-0.2, -0.15) is 0 Å². The van der Waals surface area contributed by atoms with Crippen molar-refractivity contribution >= 4 is 6.09 Å². The number of ether oxygens (including phenoxy) is 1. The molecule has 2 aromatic rings. The van der Waals surface area contributed by atoms with Crippen molar-refractivity contribution in [1.82, 2.24) is 10.2 Å². The normalized spacial score (nSPS) is 15.5. The third-order valence-corrected chi connectivity index (χ3v) is 4.12. The summed E-state index contributed by atoms with van der Waals surface area (Å²) in [6, 6.07) is 19.1. The van der Waals surface area contributed by atoms with Gasteiger partial charge in [0.25, 0.3) is 0 Å². The first-order chi connectivity index (χ1) is 11.2. The van der Waals surface area contributed by atoms with E-state index < -0.39 is 0 Å². The molecule has 0 bridgehead atoms. The molecule has 23 heavy (non-hydrogen) atoms. The van der Waals surface area contributed by atoms with Gasteiger partial charge in [0.1, 0.15) is 6.61 Å². The van der Waals surface area contributed by atoms with Crippen LogP contribution in [0.2, 0.25) is 0 Å². The molecular weight excluding hydrogens is 288 g/mol. The Morgan fingerprint density at radius 2 is 1.78 bits per heavy atom. The molecule has 0 aliphatic carbocycles. The number of aryl methyl sites for hydroxylation is 1. The van der Waals surface area contributed by atoms with E-state index in [1.54, 1.807) is 4.90 Å². The van der Waals surface area contributed by atoms with Crippen molar-refractivity contribution in [3.05, 3.63) is 71.3 Å². The van der Waals surface area contributed by atoms with Crippen molar-refractivity contribution < 1.29 is 9.53 Å². The number of nitrogens with one attached hydrogen (secondary N) is 1. The minimum absolute atomic E-state index is 0.121. The molecule has 3 rings (SSSR count). The Morgan fingerprint density at radius 1 is 1.09 bits per heavy atom. The highest BCUT2D eigenvalue weighted by Crippen LogP contribution is 2.22. The van der Waals surface area contributed by atoms with Crippen molar-refractivity contribution in [2.75, 3.05) is 26.2 Å². The molecule has 0 radical (unpaired) electrons. The molecule has 4 nitrogen and oxygen atoms in total. The topological polar surface area (TPSA) is 41.6 Å². The number of cyclic esters (lactones) is 1. The van der Waals surface area contributed by atoms with Crippen molar-refractivity contribution in [3.63, 3.8) is 0 Å². The summed E-state index contributed by atoms with van der Waals surface area (Å²) in [5, 5.41) is 3.57. The van der Waals surface area contributed by atoms with Crippen molar-refractivity contribution in [2.24, 2.45) is 0 Å². The van der Waals surface area contributed by atoms with Crippen molar-refractivity contribution in [3.8, 4) is 0 Å². The van der Waals surface area contributed by atoms with Gasteiger partial charge in [-0.15, -0.1) is 0 Å². The number of carbonyl (C=O) groups excluding carboxylic acids is 1. The largest absolute Gasteiger partial charge is 0.448 e. The van der Waals surface area contributed by atoms with Crippen LogP contribution in [0, 0.1) is 6.92 Å². The molecule has 4 heteroatoms. The Bertz CT molecular complexity index is 640. The highest BCUT2D eigenvalue weighted by atomic mass is 16.6. The highest BCUT2D eigenvalue weighted by molar-refractivity contribution is 5.69. The number of benzene rings is 2. The van der Waals surface area contributed by atoms with Gasteiger partial charge in [-0.1, -0.05) is 60.2 Å². The van der Waals surface area contributed by atoms with Crippen molar-refractivity contribution in [2.45, 2.75) is 13.0 Å². The first-order valence-corrected chi connectivity index (χ1v) is 8.00. The maximum Gasteiger partial charge on any atom is 0.409 e. The fraction of sp³-hybridized carbons (Fsp3) is 0.316. The van der Waals surface area contributed by atoms with E-state index in [2.05, 4.69) is 60.8 Å². The summed E-state index contributed by atoms with van der Waals surface area (Å²) in [7, 11) is 0. The van der Waals surface area contributed by atoms with Crippen LogP contribution in [0.15, 0.2) is 54.6 Å². The van der Waals surface area contributed by atoms with Gasteiger partial charge in [0.05, 0.1) is 12.6 Å². The fourth-order valence-electron chi connectivity index (χ4n) is 2.81. The zero-order chi connectivity index (χ0) is 16.1. The summed E-state index contributed by atoms with van der Waals surface area (Å²) < 4.78 is 4.96. The van der Waals surface area contributed by atoms with E-state index in [1.807, 2.05) is 6.07 Å². The van der Waals surface area contributed by atoms with Gasteiger partial charge in [0, 0.05) is 13.1 Å². The lowest BCUT2D eigenvalue weighted by molar-refractivity contribution is 0.158. The minimum atomic E-state index is -0.210. The zero-order valence-electron chi connectivity index (χ0n) is 13.4. The molecule has 1 atom stereocenters. The van der Waals surface area contributed by atoms with Crippen LogP contribution in [0.5, 0.6) is 0 Å². The molecule has 1 heterocycles. The van der Waals surface area contributed by atoms with E-state index >= 15 is 0 Å². The smallest absolute Gasteiger partial charge is 0.409 e. The third kappa shape index (κ3) is 3.90. The molecule has 0 saturated carbocycles. The second-order valence-corrected chi connectivity index (χ2v) is 5.81. The fourth-order valence-corrected chi connectivity index (χ4v) is 2.81. The molecule has 1 fully saturated rings. The van der Waals surface area contributed by atoms with Crippen LogP contribution >= 0.6 is 0 Å². The summed E-state index contributed by atoms with van der Waals surface area (Å²) in [5.74, 6) is 0. The summed E-state index contributed by atoms with van der Waals surface area (Å²) in [6.07, 6.45) is -0.210. The average molecular weight is 310 g/mol. The van der Waals surface area contributed by atoms with Gasteiger partial charge in [0.2, 0.25) is 0 Å². The van der Waals surface area contributed by atoms with Gasteiger partial charge in [-0.25, -0.2) is 4.79 Å². The zero-order valence-corrected chi connectivity index (χ0v) is 13.4. The van der Waals surface area contributed by atoms with Crippen LogP contribution in [-0.4, -0.2) is 37.2 Å². The van der Waals surface area contributed by atoms with Crippen LogP contribution in [0.3, 0.4) is 0 Å². The highest BCUT2D eigenvalue weighted by Gasteiger charge is 2.21. The molecule has 0 aromatic heterocycles. The van der Waals surface area contributed by atoms with Crippen LogP contribution < -0.4 is 5.32 Å². The lowest BCUT2D eigenvalue weighted by Crippen LogP contribution is -2.34. The summed E-state index contributed by atoms with van der Waals surface area (Å²) >= 11 is 0.